The number of rotatable bonds is 4. The maximum atomic E-state index is 12.6. The molecule has 1 N–H and O–H groups in total. The molecule has 3 aliphatic rings. The second-order valence-corrected chi connectivity index (χ2v) is 9.47. The summed E-state index contributed by atoms with van der Waals surface area (Å²) in [5.74, 6) is 0.0216. The first-order chi connectivity index (χ1) is 16.0. The van der Waals surface area contributed by atoms with Crippen LogP contribution in [0.2, 0.25) is 5.02 Å². The van der Waals surface area contributed by atoms with Gasteiger partial charge in [0.2, 0.25) is 5.91 Å². The van der Waals surface area contributed by atoms with Gasteiger partial charge in [0.15, 0.2) is 0 Å². The van der Waals surface area contributed by atoms with Crippen molar-refractivity contribution in [2.75, 3.05) is 41.8 Å². The first kappa shape index (κ1) is 22.0. The van der Waals surface area contributed by atoms with E-state index in [-0.39, 0.29) is 24.1 Å². The number of hydrogen-bond acceptors (Lipinski definition) is 5. The number of cyclic esters (lactones) is 1. The van der Waals surface area contributed by atoms with E-state index in [1.807, 2.05) is 54.4 Å². The van der Waals surface area contributed by atoms with Crippen LogP contribution in [0, 0.1) is 0 Å². The number of anilines is 3. The van der Waals surface area contributed by atoms with Gasteiger partial charge in [-0.15, -0.1) is 0 Å². The first-order valence-corrected chi connectivity index (χ1v) is 12.0. The summed E-state index contributed by atoms with van der Waals surface area (Å²) in [6.07, 6.45) is 3.32. The molecule has 0 saturated carbocycles. The Morgan fingerprint density at radius 3 is 2.58 bits per heavy atom. The number of likely N-dealkylation sites (N-methyl/N-ethyl adjacent to an activating group) is 1. The Kier molecular flexibility index (Phi) is 6.17. The third-order valence-electron chi connectivity index (χ3n) is 7.01. The quantitative estimate of drug-likeness (QED) is 0.715. The van der Waals surface area contributed by atoms with Crippen molar-refractivity contribution in [2.24, 2.45) is 0 Å². The molecule has 0 spiro atoms. The van der Waals surface area contributed by atoms with Gasteiger partial charge in [-0.25, -0.2) is 4.79 Å². The van der Waals surface area contributed by atoms with Gasteiger partial charge in [-0.2, -0.15) is 0 Å². The Bertz CT molecular complexity index is 1050. The summed E-state index contributed by atoms with van der Waals surface area (Å²) in [7, 11) is 1.99. The second-order valence-electron chi connectivity index (χ2n) is 9.07. The number of amides is 2. The van der Waals surface area contributed by atoms with Crippen LogP contribution in [0.4, 0.5) is 21.9 Å². The van der Waals surface area contributed by atoms with Gasteiger partial charge in [-0.05, 0) is 63.5 Å². The van der Waals surface area contributed by atoms with Gasteiger partial charge in [0.25, 0.3) is 0 Å². The lowest BCUT2D eigenvalue weighted by Gasteiger charge is -2.41. The minimum Gasteiger partial charge on any atom is -0.444 e. The van der Waals surface area contributed by atoms with Gasteiger partial charge in [0.1, 0.15) is 6.61 Å². The monoisotopic (exact) mass is 468 g/mol. The highest BCUT2D eigenvalue weighted by atomic mass is 35.5. The zero-order chi connectivity index (χ0) is 22.9. The van der Waals surface area contributed by atoms with Crippen LogP contribution in [0.5, 0.6) is 0 Å². The maximum absolute atomic E-state index is 12.6. The molecule has 3 heterocycles. The van der Waals surface area contributed by atoms with Crippen molar-refractivity contribution in [1.29, 1.82) is 0 Å². The Hall–Kier alpha value is -2.77. The highest BCUT2D eigenvalue weighted by molar-refractivity contribution is 6.33. The number of carbonyl (C=O) groups is 2. The number of benzene rings is 2. The van der Waals surface area contributed by atoms with E-state index in [9.17, 15) is 9.59 Å². The van der Waals surface area contributed by atoms with Gasteiger partial charge >= 0.3 is 6.09 Å². The van der Waals surface area contributed by atoms with Gasteiger partial charge in [0, 0.05) is 30.4 Å². The second kappa shape index (κ2) is 9.23. The van der Waals surface area contributed by atoms with Crippen molar-refractivity contribution in [3.8, 4) is 0 Å². The molecule has 2 aromatic rings. The molecule has 2 saturated heterocycles. The Labute approximate surface area is 199 Å². The fourth-order valence-electron chi connectivity index (χ4n) is 5.19. The largest absolute Gasteiger partial charge is 0.444 e. The average Bonchev–Trinajstić information content (AvgIpc) is 3.25. The van der Waals surface area contributed by atoms with Crippen LogP contribution < -0.4 is 15.1 Å². The number of likely N-dealkylation sites (tertiary alicyclic amines) is 1. The van der Waals surface area contributed by atoms with Crippen molar-refractivity contribution in [3.63, 3.8) is 0 Å². The molecule has 2 amide bonds. The number of halogens is 1. The number of hydrogen-bond donors (Lipinski definition) is 1. The molecular formula is C25H29ClN4O3. The molecule has 2 aromatic carbocycles. The minimum absolute atomic E-state index is 0.0216. The number of para-hydroxylation sites is 1. The van der Waals surface area contributed by atoms with Crippen molar-refractivity contribution in [1.82, 2.24) is 4.90 Å². The molecule has 3 aliphatic heterocycles. The lowest BCUT2D eigenvalue weighted by atomic mass is 10.00. The summed E-state index contributed by atoms with van der Waals surface area (Å²) in [4.78, 5) is 31.3. The predicted molar refractivity (Wildman–Crippen MR) is 130 cm³/mol. The number of nitrogens with zero attached hydrogens (tertiary/aromatic N) is 3. The zero-order valence-electron chi connectivity index (χ0n) is 18.8. The number of nitrogens with one attached hydrogen (secondary N) is 1. The van der Waals surface area contributed by atoms with Crippen LogP contribution in [0.25, 0.3) is 0 Å². The number of fused-ring (bicyclic) bond motifs is 1. The Morgan fingerprint density at radius 1 is 1.06 bits per heavy atom. The van der Waals surface area contributed by atoms with Crippen LogP contribution >= 0.6 is 11.6 Å². The van der Waals surface area contributed by atoms with E-state index in [1.165, 1.54) is 0 Å². The van der Waals surface area contributed by atoms with E-state index in [2.05, 4.69) is 15.1 Å². The number of piperidine rings is 1. The van der Waals surface area contributed by atoms with Crippen molar-refractivity contribution in [2.45, 2.75) is 44.4 Å². The standard InChI is InChI=1S/C25H29ClN4O3/c1-28-12-4-7-23(28)24(31)27-18-8-9-22(20(26)15-18)29-13-10-19(11-14-29)30-21-6-3-2-5-17(21)16-33-25(30)32/h2-3,5-6,8-9,15,19,23H,4,7,10-14,16H2,1H3,(H,27,31)/t23-/m0/s1. The minimum atomic E-state index is -0.266. The molecule has 0 radical (unpaired) electrons. The Balaban J connectivity index is 1.23. The summed E-state index contributed by atoms with van der Waals surface area (Å²) in [5, 5.41) is 3.63. The van der Waals surface area contributed by atoms with Crippen LogP contribution in [0.3, 0.4) is 0 Å². The highest BCUT2D eigenvalue weighted by Crippen LogP contribution is 2.35. The average molecular weight is 469 g/mol. The molecule has 0 aromatic heterocycles. The third-order valence-corrected chi connectivity index (χ3v) is 7.31. The zero-order valence-corrected chi connectivity index (χ0v) is 19.6. The van der Waals surface area contributed by atoms with Crippen molar-refractivity contribution < 1.29 is 14.3 Å². The predicted octanol–water partition coefficient (Wildman–Crippen LogP) is 4.50. The van der Waals surface area contributed by atoms with Crippen LogP contribution in [0.15, 0.2) is 42.5 Å². The fourth-order valence-corrected chi connectivity index (χ4v) is 5.49. The van der Waals surface area contributed by atoms with Crippen molar-refractivity contribution >= 4 is 40.7 Å². The normalized spacial score (nSPS) is 21.6. The van der Waals surface area contributed by atoms with Crippen LogP contribution in [-0.4, -0.2) is 55.7 Å². The molecule has 33 heavy (non-hydrogen) atoms. The lowest BCUT2D eigenvalue weighted by molar-refractivity contribution is -0.119. The first-order valence-electron chi connectivity index (χ1n) is 11.6. The van der Waals surface area contributed by atoms with E-state index in [4.69, 9.17) is 16.3 Å². The molecular weight excluding hydrogens is 440 g/mol. The number of carbonyl (C=O) groups excluding carboxylic acids is 2. The van der Waals surface area contributed by atoms with E-state index < -0.39 is 0 Å². The van der Waals surface area contributed by atoms with E-state index in [0.717, 1.165) is 67.9 Å². The topological polar surface area (TPSA) is 65.1 Å². The molecule has 1 atom stereocenters. The third kappa shape index (κ3) is 4.39. The maximum Gasteiger partial charge on any atom is 0.414 e. The van der Waals surface area contributed by atoms with Crippen LogP contribution in [-0.2, 0) is 16.1 Å². The van der Waals surface area contributed by atoms with Gasteiger partial charge in [-0.3, -0.25) is 14.6 Å². The molecule has 174 valence electrons. The molecule has 0 bridgehead atoms. The lowest BCUT2D eigenvalue weighted by Crippen LogP contribution is -2.49. The Morgan fingerprint density at radius 2 is 1.85 bits per heavy atom. The highest BCUT2D eigenvalue weighted by Gasteiger charge is 2.34. The summed E-state index contributed by atoms with van der Waals surface area (Å²) in [6, 6.07) is 13.7. The van der Waals surface area contributed by atoms with Gasteiger partial charge < -0.3 is 15.0 Å². The molecule has 2 fully saturated rings. The smallest absolute Gasteiger partial charge is 0.414 e. The summed E-state index contributed by atoms with van der Waals surface area (Å²) < 4.78 is 5.40. The molecule has 0 unspecified atom stereocenters. The van der Waals surface area contributed by atoms with E-state index >= 15 is 0 Å². The van der Waals surface area contributed by atoms with Gasteiger partial charge in [-0.1, -0.05) is 29.8 Å². The van der Waals surface area contributed by atoms with E-state index in [1.54, 1.807) is 0 Å². The van der Waals surface area contributed by atoms with E-state index in [0.29, 0.717) is 11.6 Å². The molecule has 0 aliphatic carbocycles. The molecule has 5 rings (SSSR count). The summed E-state index contributed by atoms with van der Waals surface area (Å²) in [5.41, 5.74) is 3.67. The molecule has 8 heteroatoms. The van der Waals surface area contributed by atoms with Gasteiger partial charge in [0.05, 0.1) is 22.4 Å². The summed E-state index contributed by atoms with van der Waals surface area (Å²) >= 11 is 6.62. The molecule has 7 nitrogen and oxygen atoms in total. The number of ether oxygens (including phenoxy) is 1. The van der Waals surface area contributed by atoms with Crippen molar-refractivity contribution in [3.05, 3.63) is 53.1 Å². The fraction of sp³-hybridized carbons (Fsp3) is 0.440. The van der Waals surface area contributed by atoms with Crippen LogP contribution in [0.1, 0.15) is 31.2 Å². The SMILES string of the molecule is CN1CCC[C@H]1C(=O)Nc1ccc(N2CCC(N3C(=O)OCc4ccccc43)CC2)c(Cl)c1. The summed E-state index contributed by atoms with van der Waals surface area (Å²) in [6.45, 7) is 2.86.